The summed E-state index contributed by atoms with van der Waals surface area (Å²) in [4.78, 5) is 7.37. The third-order valence-corrected chi connectivity index (χ3v) is 5.19. The maximum Gasteiger partial charge on any atom is 0.191 e. The first-order valence-electron chi connectivity index (χ1n) is 10.6. The van der Waals surface area contributed by atoms with Crippen molar-refractivity contribution in [2.75, 3.05) is 39.3 Å². The van der Waals surface area contributed by atoms with Crippen LogP contribution in [0.25, 0.3) is 0 Å². The Morgan fingerprint density at radius 2 is 2.00 bits per heavy atom. The predicted molar refractivity (Wildman–Crippen MR) is 124 cm³/mol. The molecule has 0 spiro atoms. The van der Waals surface area contributed by atoms with Gasteiger partial charge in [-0.1, -0.05) is 19.8 Å². The number of hydrogen-bond acceptors (Lipinski definition) is 3. The molecule has 0 bridgehead atoms. The Hall–Kier alpha value is -0.0800. The number of rotatable bonds is 12. The summed E-state index contributed by atoms with van der Waals surface area (Å²) >= 11 is 0. The number of nitrogens with one attached hydrogen (secondary N) is 2. The fourth-order valence-electron chi connectivity index (χ4n) is 3.62. The second kappa shape index (κ2) is 17.0. The van der Waals surface area contributed by atoms with Gasteiger partial charge in [-0.25, -0.2) is 0 Å². The van der Waals surface area contributed by atoms with Crippen molar-refractivity contribution in [3.63, 3.8) is 0 Å². The Morgan fingerprint density at radius 3 is 2.65 bits per heavy atom. The lowest BCUT2D eigenvalue weighted by molar-refractivity contribution is 0.158. The standard InChI is InChI=1S/C20H42N4O.HI/c1-4-10-19(12-16-25)17-23-20(21-5-2)22-13-7-9-15-24-14-8-6-11-18(24)3;/h18-19,25H,4-17H2,1-3H3,(H2,21,22,23);1H. The fraction of sp³-hybridized carbons (Fsp3) is 0.950. The molecule has 156 valence electrons. The van der Waals surface area contributed by atoms with Gasteiger partial charge in [0.1, 0.15) is 0 Å². The Morgan fingerprint density at radius 1 is 1.19 bits per heavy atom. The number of hydrogen-bond donors (Lipinski definition) is 3. The highest BCUT2D eigenvalue weighted by Crippen LogP contribution is 2.16. The second-order valence-corrected chi connectivity index (χ2v) is 7.40. The minimum Gasteiger partial charge on any atom is -0.396 e. The van der Waals surface area contributed by atoms with Crippen molar-refractivity contribution >= 4 is 29.9 Å². The number of piperidine rings is 1. The molecule has 2 unspecified atom stereocenters. The van der Waals surface area contributed by atoms with Crippen molar-refractivity contribution in [2.24, 2.45) is 10.9 Å². The number of unbranched alkanes of at least 4 members (excludes halogenated alkanes) is 1. The second-order valence-electron chi connectivity index (χ2n) is 7.40. The smallest absolute Gasteiger partial charge is 0.191 e. The molecule has 2 atom stereocenters. The molecule has 6 heteroatoms. The van der Waals surface area contributed by atoms with Crippen LogP contribution in [-0.4, -0.2) is 61.3 Å². The lowest BCUT2D eigenvalue weighted by Crippen LogP contribution is -2.39. The van der Waals surface area contributed by atoms with Crippen LogP contribution in [-0.2, 0) is 0 Å². The number of aliphatic hydroxyl groups is 1. The highest BCUT2D eigenvalue weighted by atomic mass is 127. The number of aliphatic hydroxyl groups excluding tert-OH is 1. The maximum atomic E-state index is 9.17. The quantitative estimate of drug-likeness (QED) is 0.172. The van der Waals surface area contributed by atoms with Gasteiger partial charge in [0, 0.05) is 32.3 Å². The van der Waals surface area contributed by atoms with Gasteiger partial charge in [0.25, 0.3) is 0 Å². The number of halogens is 1. The van der Waals surface area contributed by atoms with E-state index in [1.165, 1.54) is 45.2 Å². The molecule has 0 aromatic carbocycles. The van der Waals surface area contributed by atoms with Crippen molar-refractivity contribution in [3.05, 3.63) is 0 Å². The Kier molecular flexibility index (Phi) is 17.0. The van der Waals surface area contributed by atoms with Crippen LogP contribution in [0.3, 0.4) is 0 Å². The topological polar surface area (TPSA) is 59.9 Å². The number of guanidine groups is 1. The average molecular weight is 482 g/mol. The van der Waals surface area contributed by atoms with Crippen molar-refractivity contribution in [1.29, 1.82) is 0 Å². The van der Waals surface area contributed by atoms with E-state index in [-0.39, 0.29) is 30.6 Å². The van der Waals surface area contributed by atoms with Crippen LogP contribution in [0, 0.1) is 5.92 Å². The van der Waals surface area contributed by atoms with Crippen molar-refractivity contribution in [1.82, 2.24) is 15.5 Å². The minimum atomic E-state index is 0. The van der Waals surface area contributed by atoms with E-state index in [2.05, 4.69) is 36.3 Å². The average Bonchev–Trinajstić information content (AvgIpc) is 2.61. The summed E-state index contributed by atoms with van der Waals surface area (Å²) in [6, 6.07) is 0.766. The van der Waals surface area contributed by atoms with E-state index in [1.54, 1.807) is 0 Å². The molecule has 26 heavy (non-hydrogen) atoms. The van der Waals surface area contributed by atoms with Crippen LogP contribution in [0.15, 0.2) is 4.99 Å². The zero-order chi connectivity index (χ0) is 18.3. The van der Waals surface area contributed by atoms with Crippen LogP contribution in [0.1, 0.15) is 72.1 Å². The SMILES string of the molecule is CCCC(CCO)CN=C(NCC)NCCCCN1CCCCC1C.I. The van der Waals surface area contributed by atoms with Crippen LogP contribution in [0.5, 0.6) is 0 Å². The Balaban J connectivity index is 0.00000625. The molecule has 0 aliphatic carbocycles. The number of likely N-dealkylation sites (tertiary alicyclic amines) is 1. The first kappa shape index (κ1) is 25.9. The summed E-state index contributed by atoms with van der Waals surface area (Å²) in [5.41, 5.74) is 0. The summed E-state index contributed by atoms with van der Waals surface area (Å²) in [6.45, 7) is 12.1. The molecule has 3 N–H and O–H groups in total. The van der Waals surface area contributed by atoms with Gasteiger partial charge in [-0.3, -0.25) is 4.99 Å². The maximum absolute atomic E-state index is 9.17. The fourth-order valence-corrected chi connectivity index (χ4v) is 3.62. The predicted octanol–water partition coefficient (Wildman–Crippen LogP) is 3.61. The van der Waals surface area contributed by atoms with Crippen molar-refractivity contribution in [3.8, 4) is 0 Å². The minimum absolute atomic E-state index is 0. The van der Waals surface area contributed by atoms with Crippen LogP contribution in [0.2, 0.25) is 0 Å². The molecule has 1 rings (SSSR count). The molecule has 1 aliphatic heterocycles. The van der Waals surface area contributed by atoms with Gasteiger partial charge in [-0.15, -0.1) is 24.0 Å². The van der Waals surface area contributed by atoms with Crippen LogP contribution >= 0.6 is 24.0 Å². The van der Waals surface area contributed by atoms with Gasteiger partial charge in [-0.05, 0) is 71.4 Å². The summed E-state index contributed by atoms with van der Waals surface area (Å²) in [6.07, 6.45) is 9.70. The summed E-state index contributed by atoms with van der Waals surface area (Å²) in [7, 11) is 0. The van der Waals surface area contributed by atoms with Crippen LogP contribution < -0.4 is 10.6 Å². The van der Waals surface area contributed by atoms with Crippen molar-refractivity contribution in [2.45, 2.75) is 78.2 Å². The van der Waals surface area contributed by atoms with Gasteiger partial charge in [0.15, 0.2) is 5.96 Å². The summed E-state index contributed by atoms with van der Waals surface area (Å²) in [5.74, 6) is 1.42. The molecular weight excluding hydrogens is 439 g/mol. The van der Waals surface area contributed by atoms with Gasteiger partial charge in [0.05, 0.1) is 0 Å². The zero-order valence-electron chi connectivity index (χ0n) is 17.3. The molecule has 5 nitrogen and oxygen atoms in total. The van der Waals surface area contributed by atoms with Gasteiger partial charge in [-0.2, -0.15) is 0 Å². The first-order chi connectivity index (χ1) is 12.2. The van der Waals surface area contributed by atoms with E-state index in [4.69, 9.17) is 4.99 Å². The van der Waals surface area contributed by atoms with E-state index in [0.717, 1.165) is 50.9 Å². The Bertz CT molecular complexity index is 349. The summed E-state index contributed by atoms with van der Waals surface area (Å²) < 4.78 is 0. The monoisotopic (exact) mass is 482 g/mol. The molecule has 0 aromatic heterocycles. The van der Waals surface area contributed by atoms with E-state index in [0.29, 0.717) is 5.92 Å². The third-order valence-electron chi connectivity index (χ3n) is 5.19. The van der Waals surface area contributed by atoms with Gasteiger partial charge >= 0.3 is 0 Å². The van der Waals surface area contributed by atoms with Gasteiger partial charge < -0.3 is 20.6 Å². The largest absolute Gasteiger partial charge is 0.396 e. The molecular formula is C20H43IN4O. The van der Waals surface area contributed by atoms with Gasteiger partial charge in [0.2, 0.25) is 0 Å². The molecule has 1 aliphatic rings. The number of aliphatic imine (C=N–C) groups is 1. The zero-order valence-corrected chi connectivity index (χ0v) is 19.6. The molecule has 1 fully saturated rings. The van der Waals surface area contributed by atoms with E-state index < -0.39 is 0 Å². The first-order valence-corrected chi connectivity index (χ1v) is 10.6. The molecule has 0 saturated carbocycles. The Labute approximate surface area is 178 Å². The normalized spacial score (nSPS) is 19.7. The summed E-state index contributed by atoms with van der Waals surface area (Å²) in [5, 5.41) is 16.0. The molecule has 1 heterocycles. The van der Waals surface area contributed by atoms with E-state index in [9.17, 15) is 5.11 Å². The molecule has 0 aromatic rings. The molecule has 0 amide bonds. The highest BCUT2D eigenvalue weighted by molar-refractivity contribution is 14.0. The third kappa shape index (κ3) is 11.6. The van der Waals surface area contributed by atoms with Crippen molar-refractivity contribution < 1.29 is 5.11 Å². The molecule has 1 saturated heterocycles. The highest BCUT2D eigenvalue weighted by Gasteiger charge is 2.17. The molecule has 0 radical (unpaired) electrons. The number of nitrogens with zero attached hydrogens (tertiary/aromatic N) is 2. The van der Waals surface area contributed by atoms with Crippen LogP contribution in [0.4, 0.5) is 0 Å². The van der Waals surface area contributed by atoms with E-state index in [1.807, 2.05) is 0 Å². The van der Waals surface area contributed by atoms with E-state index >= 15 is 0 Å². The lowest BCUT2D eigenvalue weighted by Gasteiger charge is -2.33. The lowest BCUT2D eigenvalue weighted by atomic mass is 10.0.